The number of aromatic nitrogens is 1. The second-order valence-electron chi connectivity index (χ2n) is 6.05. The van der Waals surface area contributed by atoms with Gasteiger partial charge in [0.2, 0.25) is 5.88 Å². The van der Waals surface area contributed by atoms with Gasteiger partial charge in [-0.3, -0.25) is 9.59 Å². The smallest absolute Gasteiger partial charge is 0.223 e. The van der Waals surface area contributed by atoms with Gasteiger partial charge in [0.05, 0.1) is 5.52 Å². The number of ether oxygens (including phenoxy) is 2. The molecule has 0 aliphatic heterocycles. The van der Waals surface area contributed by atoms with Gasteiger partial charge in [-0.05, 0) is 60.7 Å². The van der Waals surface area contributed by atoms with E-state index in [-0.39, 0.29) is 0 Å². The van der Waals surface area contributed by atoms with Crippen molar-refractivity contribution in [3.05, 3.63) is 90.0 Å². The number of rotatable bonds is 6. The van der Waals surface area contributed by atoms with Gasteiger partial charge in [0, 0.05) is 22.6 Å². The van der Waals surface area contributed by atoms with Gasteiger partial charge in [-0.1, -0.05) is 12.1 Å². The van der Waals surface area contributed by atoms with Crippen LogP contribution in [-0.4, -0.2) is 17.6 Å². The Morgan fingerprint density at radius 2 is 1.25 bits per heavy atom. The van der Waals surface area contributed by atoms with E-state index in [0.29, 0.717) is 34.3 Å². The Labute approximate surface area is 161 Å². The second-order valence-corrected chi connectivity index (χ2v) is 6.05. The zero-order chi connectivity index (χ0) is 19.3. The summed E-state index contributed by atoms with van der Waals surface area (Å²) in [6.07, 6.45) is 1.56. The van der Waals surface area contributed by atoms with Crippen molar-refractivity contribution in [3.63, 3.8) is 0 Å². The molecule has 0 atom stereocenters. The third kappa shape index (κ3) is 3.73. The molecule has 0 bridgehead atoms. The number of hydrogen-bond acceptors (Lipinski definition) is 5. The quantitative estimate of drug-likeness (QED) is 0.423. The molecule has 3 aromatic carbocycles. The lowest BCUT2D eigenvalue weighted by molar-refractivity contribution is 0.111. The minimum Gasteiger partial charge on any atom is -0.456 e. The summed E-state index contributed by atoms with van der Waals surface area (Å²) < 4.78 is 11.9. The van der Waals surface area contributed by atoms with E-state index in [0.717, 1.165) is 23.5 Å². The van der Waals surface area contributed by atoms with Crippen molar-refractivity contribution >= 4 is 23.5 Å². The minimum atomic E-state index is 0.372. The predicted octanol–water partition coefficient (Wildman–Crippen LogP) is 5.44. The summed E-state index contributed by atoms with van der Waals surface area (Å²) in [7, 11) is 0. The minimum absolute atomic E-state index is 0.372. The highest BCUT2D eigenvalue weighted by molar-refractivity contribution is 5.86. The monoisotopic (exact) mass is 369 g/mol. The standard InChI is InChI=1S/C23H15NO4/c25-14-16-5-9-18(10-6-16)27-22-13-23(24-21-4-2-1-3-20(21)22)28-19-11-7-17(15-26)8-12-19/h1-15H. The highest BCUT2D eigenvalue weighted by Gasteiger charge is 2.10. The first-order valence-corrected chi connectivity index (χ1v) is 8.61. The summed E-state index contributed by atoms with van der Waals surface area (Å²) in [5.41, 5.74) is 1.88. The molecule has 5 heteroatoms. The average Bonchev–Trinajstić information content (AvgIpc) is 2.75. The van der Waals surface area contributed by atoms with Crippen LogP contribution in [0.5, 0.6) is 23.1 Å². The first kappa shape index (κ1) is 17.4. The fourth-order valence-electron chi connectivity index (χ4n) is 2.73. The molecular formula is C23H15NO4. The van der Waals surface area contributed by atoms with Crippen molar-refractivity contribution in [2.75, 3.05) is 0 Å². The van der Waals surface area contributed by atoms with Crippen molar-refractivity contribution in [2.45, 2.75) is 0 Å². The van der Waals surface area contributed by atoms with Gasteiger partial charge in [0.25, 0.3) is 0 Å². The number of pyridine rings is 1. The number of aldehydes is 2. The molecule has 0 saturated carbocycles. The predicted molar refractivity (Wildman–Crippen MR) is 106 cm³/mol. The van der Waals surface area contributed by atoms with Crippen molar-refractivity contribution in [1.29, 1.82) is 0 Å². The molecule has 1 aromatic heterocycles. The molecule has 0 saturated heterocycles. The van der Waals surface area contributed by atoms with E-state index in [1.807, 2.05) is 24.3 Å². The molecule has 0 aliphatic carbocycles. The Bertz CT molecular complexity index is 1140. The summed E-state index contributed by atoms with van der Waals surface area (Å²) >= 11 is 0. The largest absolute Gasteiger partial charge is 0.456 e. The van der Waals surface area contributed by atoms with Gasteiger partial charge in [-0.25, -0.2) is 4.98 Å². The molecular weight excluding hydrogens is 354 g/mol. The Kier molecular flexibility index (Phi) is 4.80. The Morgan fingerprint density at radius 1 is 0.679 bits per heavy atom. The molecule has 4 rings (SSSR count). The van der Waals surface area contributed by atoms with Gasteiger partial charge in [-0.2, -0.15) is 0 Å². The van der Waals surface area contributed by atoms with E-state index in [2.05, 4.69) is 4.98 Å². The molecule has 1 heterocycles. The van der Waals surface area contributed by atoms with E-state index >= 15 is 0 Å². The highest BCUT2D eigenvalue weighted by atomic mass is 16.5. The van der Waals surface area contributed by atoms with Crippen LogP contribution in [0.15, 0.2) is 78.9 Å². The van der Waals surface area contributed by atoms with Crippen LogP contribution >= 0.6 is 0 Å². The fraction of sp³-hybridized carbons (Fsp3) is 0. The summed E-state index contributed by atoms with van der Waals surface area (Å²) in [5.74, 6) is 2.12. The molecule has 5 nitrogen and oxygen atoms in total. The van der Waals surface area contributed by atoms with Gasteiger partial charge < -0.3 is 9.47 Å². The zero-order valence-corrected chi connectivity index (χ0v) is 14.7. The number of carbonyl (C=O) groups is 2. The lowest BCUT2D eigenvalue weighted by Gasteiger charge is -2.12. The highest BCUT2D eigenvalue weighted by Crippen LogP contribution is 2.33. The number of hydrogen-bond donors (Lipinski definition) is 0. The van der Waals surface area contributed by atoms with Crippen LogP contribution in [0, 0.1) is 0 Å². The number of carbonyl (C=O) groups excluding carboxylic acids is 2. The van der Waals surface area contributed by atoms with Gasteiger partial charge in [-0.15, -0.1) is 0 Å². The van der Waals surface area contributed by atoms with Crippen LogP contribution < -0.4 is 9.47 Å². The Balaban J connectivity index is 1.69. The molecule has 0 aliphatic rings. The van der Waals surface area contributed by atoms with E-state index in [1.165, 1.54) is 0 Å². The molecule has 0 spiro atoms. The Morgan fingerprint density at radius 3 is 1.86 bits per heavy atom. The van der Waals surface area contributed by atoms with Crippen molar-refractivity contribution in [1.82, 2.24) is 4.98 Å². The fourth-order valence-corrected chi connectivity index (χ4v) is 2.73. The average molecular weight is 369 g/mol. The molecule has 0 N–H and O–H groups in total. The third-order valence-electron chi connectivity index (χ3n) is 4.14. The first-order valence-electron chi connectivity index (χ1n) is 8.61. The summed E-state index contributed by atoms with van der Waals surface area (Å²) in [4.78, 5) is 26.1. The molecule has 0 radical (unpaired) electrons. The maximum Gasteiger partial charge on any atom is 0.223 e. The van der Waals surface area contributed by atoms with Crippen molar-refractivity contribution < 1.29 is 19.1 Å². The van der Waals surface area contributed by atoms with Crippen LogP contribution in [0.4, 0.5) is 0 Å². The number of fused-ring (bicyclic) bond motifs is 1. The molecule has 0 amide bonds. The molecule has 0 unspecified atom stereocenters. The topological polar surface area (TPSA) is 65.5 Å². The SMILES string of the molecule is O=Cc1ccc(Oc2cc(Oc3ccc(C=O)cc3)c3ccccc3n2)cc1. The van der Waals surface area contributed by atoms with Crippen LogP contribution in [0.2, 0.25) is 0 Å². The van der Waals surface area contributed by atoms with Crippen molar-refractivity contribution in [3.8, 4) is 23.1 Å². The maximum absolute atomic E-state index is 10.8. The molecule has 136 valence electrons. The third-order valence-corrected chi connectivity index (χ3v) is 4.14. The normalized spacial score (nSPS) is 10.4. The summed E-state index contributed by atoms with van der Waals surface area (Å²) in [5, 5.41) is 0.839. The van der Waals surface area contributed by atoms with Gasteiger partial charge in [0.15, 0.2) is 0 Å². The Hall–Kier alpha value is -3.99. The molecule has 4 aromatic rings. The molecule has 28 heavy (non-hydrogen) atoms. The maximum atomic E-state index is 10.8. The van der Waals surface area contributed by atoms with E-state index in [9.17, 15) is 9.59 Å². The van der Waals surface area contributed by atoms with Gasteiger partial charge in [0.1, 0.15) is 29.8 Å². The zero-order valence-electron chi connectivity index (χ0n) is 14.7. The van der Waals surface area contributed by atoms with E-state index < -0.39 is 0 Å². The van der Waals surface area contributed by atoms with E-state index in [1.54, 1.807) is 54.6 Å². The summed E-state index contributed by atoms with van der Waals surface area (Å²) in [6, 6.07) is 22.9. The molecule has 0 fully saturated rings. The number of nitrogens with zero attached hydrogens (tertiary/aromatic N) is 1. The second kappa shape index (κ2) is 7.72. The lowest BCUT2D eigenvalue weighted by Crippen LogP contribution is -1.93. The van der Waals surface area contributed by atoms with E-state index in [4.69, 9.17) is 9.47 Å². The van der Waals surface area contributed by atoms with Crippen LogP contribution in [0.3, 0.4) is 0 Å². The first-order chi connectivity index (χ1) is 13.7. The number of para-hydroxylation sites is 1. The summed E-state index contributed by atoms with van der Waals surface area (Å²) in [6.45, 7) is 0. The number of benzene rings is 3. The van der Waals surface area contributed by atoms with Crippen LogP contribution in [0.1, 0.15) is 20.7 Å². The lowest BCUT2D eigenvalue weighted by atomic mass is 10.2. The van der Waals surface area contributed by atoms with Gasteiger partial charge >= 0.3 is 0 Å². The van der Waals surface area contributed by atoms with Crippen molar-refractivity contribution in [2.24, 2.45) is 0 Å². The van der Waals surface area contributed by atoms with Crippen LogP contribution in [0.25, 0.3) is 10.9 Å². The van der Waals surface area contributed by atoms with Crippen LogP contribution in [-0.2, 0) is 0 Å².